The predicted molar refractivity (Wildman–Crippen MR) is 147 cm³/mol. The highest BCUT2D eigenvalue weighted by Gasteiger charge is 2.21. The molecule has 0 aliphatic rings. The Morgan fingerprint density at radius 3 is 2.36 bits per heavy atom. The van der Waals surface area contributed by atoms with Gasteiger partial charge in [0.1, 0.15) is 0 Å². The lowest BCUT2D eigenvalue weighted by Gasteiger charge is -2.30. The summed E-state index contributed by atoms with van der Waals surface area (Å²) in [6.45, 7) is 7.16. The average Bonchev–Trinajstić information content (AvgIpc) is 2.88. The maximum atomic E-state index is 13.3. The molecule has 0 radical (unpaired) electrons. The van der Waals surface area contributed by atoms with Crippen LogP contribution in [0.1, 0.15) is 57.2 Å². The summed E-state index contributed by atoms with van der Waals surface area (Å²) in [6.07, 6.45) is 3.45. The van der Waals surface area contributed by atoms with Crippen LogP contribution in [0.15, 0.2) is 88.7 Å². The molecular formula is C30H36N2O3S. The molecule has 36 heavy (non-hydrogen) atoms. The molecule has 6 heteroatoms. The molecule has 1 N–H and O–H groups in total. The Morgan fingerprint density at radius 1 is 0.917 bits per heavy atom. The summed E-state index contributed by atoms with van der Waals surface area (Å²) in [6, 6.07) is 25.8. The van der Waals surface area contributed by atoms with Crippen molar-refractivity contribution in [3.05, 3.63) is 90.0 Å². The van der Waals surface area contributed by atoms with E-state index in [0.29, 0.717) is 13.2 Å². The second kappa shape index (κ2) is 14.3. The standard InChI is InChI=1S/C30H36N2O3S/c1-4-6-10-20-32(23(3)25-12-8-7-9-13-25)30(34)31-26-14-11-15-28(22-26)36-27-18-16-24(17-19-27)21-29(33)35-5-2/h7-9,11-19,22-23H,4-6,10,20-21H2,1-3H3,(H,31,34). The van der Waals surface area contributed by atoms with Crippen molar-refractivity contribution in [3.8, 4) is 0 Å². The number of nitrogens with one attached hydrogen (secondary N) is 1. The van der Waals surface area contributed by atoms with Crippen LogP contribution in [0.25, 0.3) is 0 Å². The minimum Gasteiger partial charge on any atom is -0.466 e. The number of nitrogens with zero attached hydrogens (tertiary/aromatic N) is 1. The van der Waals surface area contributed by atoms with Crippen LogP contribution in [0.3, 0.4) is 0 Å². The van der Waals surface area contributed by atoms with Gasteiger partial charge in [0.25, 0.3) is 0 Å². The highest BCUT2D eigenvalue weighted by Crippen LogP contribution is 2.30. The SMILES string of the molecule is CCCCCN(C(=O)Nc1cccc(Sc2ccc(CC(=O)OCC)cc2)c1)C(C)c1ccccc1. The number of anilines is 1. The van der Waals surface area contributed by atoms with Gasteiger partial charge in [-0.05, 0) is 61.7 Å². The topological polar surface area (TPSA) is 58.6 Å². The zero-order valence-electron chi connectivity index (χ0n) is 21.4. The van der Waals surface area contributed by atoms with Crippen molar-refractivity contribution in [1.82, 2.24) is 4.90 Å². The van der Waals surface area contributed by atoms with E-state index in [1.54, 1.807) is 11.8 Å². The van der Waals surface area contributed by atoms with Crippen LogP contribution in [0.2, 0.25) is 0 Å². The van der Waals surface area contributed by atoms with Gasteiger partial charge in [-0.25, -0.2) is 4.79 Å². The largest absolute Gasteiger partial charge is 0.466 e. The average molecular weight is 505 g/mol. The number of rotatable bonds is 12. The highest BCUT2D eigenvalue weighted by molar-refractivity contribution is 7.99. The van der Waals surface area contributed by atoms with Gasteiger partial charge in [-0.1, -0.05) is 80.1 Å². The second-order valence-corrected chi connectivity index (χ2v) is 9.82. The Balaban J connectivity index is 1.66. The number of hydrogen-bond acceptors (Lipinski definition) is 4. The number of ether oxygens (including phenoxy) is 1. The van der Waals surface area contributed by atoms with Gasteiger partial charge in [0.2, 0.25) is 0 Å². The van der Waals surface area contributed by atoms with Crippen molar-refractivity contribution in [2.45, 2.75) is 62.3 Å². The summed E-state index contributed by atoms with van der Waals surface area (Å²) >= 11 is 1.61. The zero-order valence-corrected chi connectivity index (χ0v) is 22.2. The van der Waals surface area contributed by atoms with Crippen LogP contribution in [0.5, 0.6) is 0 Å². The summed E-state index contributed by atoms with van der Waals surface area (Å²) in [5.41, 5.74) is 2.82. The van der Waals surface area contributed by atoms with Gasteiger partial charge in [-0.3, -0.25) is 4.79 Å². The number of carbonyl (C=O) groups is 2. The molecular weight excluding hydrogens is 468 g/mol. The number of hydrogen-bond donors (Lipinski definition) is 1. The molecule has 1 unspecified atom stereocenters. The number of unbranched alkanes of at least 4 members (excludes halogenated alkanes) is 2. The summed E-state index contributed by atoms with van der Waals surface area (Å²) in [5.74, 6) is -0.216. The van der Waals surface area contributed by atoms with E-state index in [2.05, 4.69) is 31.3 Å². The molecule has 5 nitrogen and oxygen atoms in total. The van der Waals surface area contributed by atoms with Gasteiger partial charge in [0.15, 0.2) is 0 Å². The fourth-order valence-electron chi connectivity index (χ4n) is 3.94. The zero-order chi connectivity index (χ0) is 25.8. The summed E-state index contributed by atoms with van der Waals surface area (Å²) in [7, 11) is 0. The van der Waals surface area contributed by atoms with Crippen molar-refractivity contribution in [3.63, 3.8) is 0 Å². The third-order valence-electron chi connectivity index (χ3n) is 5.91. The van der Waals surface area contributed by atoms with Crippen LogP contribution < -0.4 is 5.32 Å². The Hall–Kier alpha value is -3.25. The Labute approximate surface area is 219 Å². The van der Waals surface area contributed by atoms with E-state index in [0.717, 1.165) is 45.9 Å². The maximum Gasteiger partial charge on any atom is 0.322 e. The van der Waals surface area contributed by atoms with Crippen LogP contribution >= 0.6 is 11.8 Å². The lowest BCUT2D eigenvalue weighted by molar-refractivity contribution is -0.142. The molecule has 0 aliphatic heterocycles. The molecule has 0 heterocycles. The minimum absolute atomic E-state index is 0.0197. The van der Waals surface area contributed by atoms with Gasteiger partial charge >= 0.3 is 12.0 Å². The molecule has 0 saturated carbocycles. The van der Waals surface area contributed by atoms with E-state index >= 15 is 0 Å². The molecule has 3 aromatic carbocycles. The molecule has 0 aromatic heterocycles. The number of benzene rings is 3. The van der Waals surface area contributed by atoms with Crippen molar-refractivity contribution < 1.29 is 14.3 Å². The van der Waals surface area contributed by atoms with E-state index in [1.807, 2.05) is 78.6 Å². The number of carbonyl (C=O) groups excluding carboxylic acids is 2. The van der Waals surface area contributed by atoms with Crippen LogP contribution in [0.4, 0.5) is 10.5 Å². The molecule has 0 saturated heterocycles. The lowest BCUT2D eigenvalue weighted by Crippen LogP contribution is -2.37. The van der Waals surface area contributed by atoms with E-state index < -0.39 is 0 Å². The van der Waals surface area contributed by atoms with Crippen LogP contribution in [-0.2, 0) is 16.0 Å². The lowest BCUT2D eigenvalue weighted by atomic mass is 10.1. The summed E-state index contributed by atoms with van der Waals surface area (Å²) in [4.78, 5) is 29.0. The molecule has 1 atom stereocenters. The Bertz CT molecular complexity index is 1100. The monoisotopic (exact) mass is 504 g/mol. The maximum absolute atomic E-state index is 13.3. The fourth-order valence-corrected chi connectivity index (χ4v) is 4.81. The first kappa shape index (κ1) is 27.3. The number of amides is 2. The Kier molecular flexibility index (Phi) is 10.9. The molecule has 3 aromatic rings. The molecule has 3 rings (SSSR count). The molecule has 0 aliphatic carbocycles. The first-order valence-corrected chi connectivity index (χ1v) is 13.5. The van der Waals surface area contributed by atoms with Gasteiger partial charge in [-0.15, -0.1) is 0 Å². The molecule has 0 bridgehead atoms. The molecule has 0 spiro atoms. The molecule has 190 valence electrons. The molecule has 2 amide bonds. The Morgan fingerprint density at radius 2 is 1.67 bits per heavy atom. The van der Waals surface area contributed by atoms with Crippen LogP contribution in [-0.4, -0.2) is 30.1 Å². The van der Waals surface area contributed by atoms with Gasteiger partial charge in [0.05, 0.1) is 19.1 Å². The van der Waals surface area contributed by atoms with Gasteiger partial charge in [-0.2, -0.15) is 0 Å². The normalized spacial score (nSPS) is 11.5. The summed E-state index contributed by atoms with van der Waals surface area (Å²) < 4.78 is 5.02. The van der Waals surface area contributed by atoms with E-state index in [9.17, 15) is 9.59 Å². The third kappa shape index (κ3) is 8.45. The number of esters is 1. The van der Waals surface area contributed by atoms with Crippen molar-refractivity contribution in [2.75, 3.05) is 18.5 Å². The van der Waals surface area contributed by atoms with Crippen molar-refractivity contribution in [2.24, 2.45) is 0 Å². The minimum atomic E-state index is -0.216. The van der Waals surface area contributed by atoms with Crippen molar-refractivity contribution in [1.29, 1.82) is 0 Å². The fraction of sp³-hybridized carbons (Fsp3) is 0.333. The quantitative estimate of drug-likeness (QED) is 0.203. The first-order chi connectivity index (χ1) is 17.5. The highest BCUT2D eigenvalue weighted by atomic mass is 32.2. The summed E-state index contributed by atoms with van der Waals surface area (Å²) in [5, 5.41) is 3.11. The van der Waals surface area contributed by atoms with E-state index in [4.69, 9.17) is 4.74 Å². The van der Waals surface area contributed by atoms with E-state index in [1.165, 1.54) is 0 Å². The van der Waals surface area contributed by atoms with E-state index in [-0.39, 0.29) is 24.5 Å². The van der Waals surface area contributed by atoms with Gasteiger partial charge in [0, 0.05) is 22.0 Å². The van der Waals surface area contributed by atoms with Crippen molar-refractivity contribution >= 4 is 29.4 Å². The number of urea groups is 1. The van der Waals surface area contributed by atoms with Crippen LogP contribution in [0, 0.1) is 0 Å². The first-order valence-electron chi connectivity index (χ1n) is 12.6. The van der Waals surface area contributed by atoms with Gasteiger partial charge < -0.3 is 15.0 Å². The smallest absolute Gasteiger partial charge is 0.322 e. The molecule has 0 fully saturated rings. The predicted octanol–water partition coefficient (Wildman–Crippen LogP) is 7.73. The third-order valence-corrected chi connectivity index (χ3v) is 6.91. The second-order valence-electron chi connectivity index (χ2n) is 8.67.